The van der Waals surface area contributed by atoms with Crippen molar-refractivity contribution in [3.8, 4) is 0 Å². The Morgan fingerprint density at radius 1 is 1.10 bits per heavy atom. The van der Waals surface area contributed by atoms with E-state index in [-0.39, 0.29) is 10.8 Å². The number of sulfonamides is 1. The summed E-state index contributed by atoms with van der Waals surface area (Å²) in [7, 11) is -3.78. The van der Waals surface area contributed by atoms with Crippen LogP contribution in [-0.4, -0.2) is 14.3 Å². The number of anilines is 1. The number of benzene rings is 2. The van der Waals surface area contributed by atoms with Gasteiger partial charge in [0.15, 0.2) is 0 Å². The number of rotatable bonds is 3. The molecule has 0 atom stereocenters. The predicted molar refractivity (Wildman–Crippen MR) is 84.9 cm³/mol. The Labute approximate surface area is 130 Å². The summed E-state index contributed by atoms with van der Waals surface area (Å²) in [6.45, 7) is 0. The second-order valence-electron chi connectivity index (χ2n) is 4.03. The summed E-state index contributed by atoms with van der Waals surface area (Å²) in [5.41, 5.74) is 0.867. The molecule has 0 heterocycles. The standard InChI is InChI=1S/C13H11IN2O3S/c14-10-6-4-9(5-7-10)13(17)16-11-2-1-3-12(8-11)20(15,18)19/h1-8H,(H,16,17)(H2,15,18,19). The van der Waals surface area contributed by atoms with Crippen LogP contribution in [0.25, 0.3) is 0 Å². The second-order valence-corrected chi connectivity index (χ2v) is 6.84. The molecule has 5 nitrogen and oxygen atoms in total. The third kappa shape index (κ3) is 3.78. The highest BCUT2D eigenvalue weighted by Crippen LogP contribution is 2.15. The molecule has 0 bridgehead atoms. The Bertz CT molecular complexity index is 742. The van der Waals surface area contributed by atoms with Crippen molar-refractivity contribution in [1.29, 1.82) is 0 Å². The first-order valence-corrected chi connectivity index (χ1v) is 8.18. The Morgan fingerprint density at radius 2 is 1.75 bits per heavy atom. The van der Waals surface area contributed by atoms with Crippen LogP contribution in [-0.2, 0) is 10.0 Å². The molecular formula is C13H11IN2O3S. The number of amides is 1. The maximum absolute atomic E-state index is 12.0. The first-order valence-electron chi connectivity index (χ1n) is 5.56. The van der Waals surface area contributed by atoms with Gasteiger partial charge in [0.25, 0.3) is 5.91 Å². The zero-order valence-electron chi connectivity index (χ0n) is 10.2. The van der Waals surface area contributed by atoms with Crippen molar-refractivity contribution < 1.29 is 13.2 Å². The van der Waals surface area contributed by atoms with Crippen molar-refractivity contribution in [2.45, 2.75) is 4.90 Å². The van der Waals surface area contributed by atoms with Gasteiger partial charge in [-0.3, -0.25) is 4.79 Å². The quantitative estimate of drug-likeness (QED) is 0.772. The normalized spacial score (nSPS) is 11.1. The SMILES string of the molecule is NS(=O)(=O)c1cccc(NC(=O)c2ccc(I)cc2)c1. The molecule has 1 amide bonds. The molecule has 0 aliphatic heterocycles. The number of nitrogens with one attached hydrogen (secondary N) is 1. The lowest BCUT2D eigenvalue weighted by Gasteiger charge is -2.06. The maximum Gasteiger partial charge on any atom is 0.255 e. The average molecular weight is 402 g/mol. The molecule has 0 fully saturated rings. The molecular weight excluding hydrogens is 391 g/mol. The summed E-state index contributed by atoms with van der Waals surface area (Å²) in [5.74, 6) is -0.312. The van der Waals surface area contributed by atoms with Crippen molar-refractivity contribution in [3.05, 3.63) is 57.7 Å². The minimum Gasteiger partial charge on any atom is -0.322 e. The molecule has 0 spiro atoms. The van der Waals surface area contributed by atoms with Gasteiger partial charge in [0.05, 0.1) is 4.90 Å². The summed E-state index contributed by atoms with van der Waals surface area (Å²) < 4.78 is 23.5. The second kappa shape index (κ2) is 5.90. The molecule has 2 rings (SSSR count). The van der Waals surface area contributed by atoms with Crippen molar-refractivity contribution >= 4 is 44.2 Å². The lowest BCUT2D eigenvalue weighted by molar-refractivity contribution is 0.102. The van der Waals surface area contributed by atoms with E-state index in [0.29, 0.717) is 11.3 Å². The van der Waals surface area contributed by atoms with E-state index in [9.17, 15) is 13.2 Å². The van der Waals surface area contributed by atoms with E-state index in [1.54, 1.807) is 18.2 Å². The van der Waals surface area contributed by atoms with Crippen LogP contribution in [0.1, 0.15) is 10.4 Å². The molecule has 2 aromatic carbocycles. The van der Waals surface area contributed by atoms with Crippen LogP contribution in [0.4, 0.5) is 5.69 Å². The highest BCUT2D eigenvalue weighted by atomic mass is 127. The van der Waals surface area contributed by atoms with Crippen molar-refractivity contribution in [2.75, 3.05) is 5.32 Å². The molecule has 3 N–H and O–H groups in total. The Hall–Kier alpha value is -1.45. The smallest absolute Gasteiger partial charge is 0.255 e. The fourth-order valence-corrected chi connectivity index (χ4v) is 2.47. The zero-order valence-corrected chi connectivity index (χ0v) is 13.2. The molecule has 20 heavy (non-hydrogen) atoms. The van der Waals surface area contributed by atoms with Crippen LogP contribution < -0.4 is 10.5 Å². The summed E-state index contributed by atoms with van der Waals surface area (Å²) >= 11 is 2.14. The predicted octanol–water partition coefficient (Wildman–Crippen LogP) is 2.19. The third-order valence-electron chi connectivity index (χ3n) is 2.53. The number of nitrogens with two attached hydrogens (primary N) is 1. The van der Waals surface area contributed by atoms with Crippen LogP contribution in [0, 0.1) is 3.57 Å². The summed E-state index contributed by atoms with van der Waals surface area (Å²) in [6, 6.07) is 12.8. The van der Waals surface area contributed by atoms with Crippen LogP contribution in [0.5, 0.6) is 0 Å². The van der Waals surface area contributed by atoms with E-state index in [2.05, 4.69) is 27.9 Å². The van der Waals surface area contributed by atoms with Gasteiger partial charge in [-0.25, -0.2) is 13.6 Å². The molecule has 104 valence electrons. The van der Waals surface area contributed by atoms with Gasteiger partial charge in [-0.2, -0.15) is 0 Å². The molecule has 0 radical (unpaired) electrons. The van der Waals surface area contributed by atoms with Crippen molar-refractivity contribution in [3.63, 3.8) is 0 Å². The minimum atomic E-state index is -3.78. The topological polar surface area (TPSA) is 89.3 Å². The van der Waals surface area contributed by atoms with E-state index in [4.69, 9.17) is 5.14 Å². The lowest BCUT2D eigenvalue weighted by atomic mass is 10.2. The fraction of sp³-hybridized carbons (Fsp3) is 0. The van der Waals surface area contributed by atoms with Gasteiger partial charge in [0.2, 0.25) is 10.0 Å². The molecule has 0 aliphatic carbocycles. The van der Waals surface area contributed by atoms with E-state index in [0.717, 1.165) is 3.57 Å². The number of hydrogen-bond donors (Lipinski definition) is 2. The maximum atomic E-state index is 12.0. The van der Waals surface area contributed by atoms with Gasteiger partial charge >= 0.3 is 0 Å². The molecule has 0 aromatic heterocycles. The molecule has 7 heteroatoms. The van der Waals surface area contributed by atoms with Gasteiger partial charge < -0.3 is 5.32 Å². The van der Waals surface area contributed by atoms with Crippen molar-refractivity contribution in [1.82, 2.24) is 0 Å². The van der Waals surface area contributed by atoms with Crippen LogP contribution in [0.3, 0.4) is 0 Å². The van der Waals surface area contributed by atoms with Crippen LogP contribution in [0.2, 0.25) is 0 Å². The Balaban J connectivity index is 2.22. The third-order valence-corrected chi connectivity index (χ3v) is 4.16. The molecule has 0 saturated carbocycles. The van der Waals surface area contributed by atoms with E-state index in [1.807, 2.05) is 12.1 Å². The summed E-state index contributed by atoms with van der Waals surface area (Å²) in [4.78, 5) is 11.9. The average Bonchev–Trinajstić information content (AvgIpc) is 2.38. The number of carbonyl (C=O) groups excluding carboxylic acids is 1. The fourth-order valence-electron chi connectivity index (χ4n) is 1.56. The van der Waals surface area contributed by atoms with Gasteiger partial charge in [0, 0.05) is 14.8 Å². The van der Waals surface area contributed by atoms with E-state index in [1.165, 1.54) is 18.2 Å². The largest absolute Gasteiger partial charge is 0.322 e. The zero-order chi connectivity index (χ0) is 14.8. The molecule has 2 aromatic rings. The van der Waals surface area contributed by atoms with Crippen LogP contribution >= 0.6 is 22.6 Å². The van der Waals surface area contributed by atoms with E-state index < -0.39 is 10.0 Å². The highest BCUT2D eigenvalue weighted by molar-refractivity contribution is 14.1. The van der Waals surface area contributed by atoms with Gasteiger partial charge in [0.1, 0.15) is 0 Å². The van der Waals surface area contributed by atoms with E-state index >= 15 is 0 Å². The van der Waals surface area contributed by atoms with Crippen molar-refractivity contribution in [2.24, 2.45) is 5.14 Å². The van der Waals surface area contributed by atoms with Gasteiger partial charge in [-0.15, -0.1) is 0 Å². The van der Waals surface area contributed by atoms with Crippen LogP contribution in [0.15, 0.2) is 53.4 Å². The Kier molecular flexibility index (Phi) is 4.41. The number of primary sulfonamides is 1. The summed E-state index contributed by atoms with van der Waals surface area (Å²) in [5, 5.41) is 7.67. The monoisotopic (exact) mass is 402 g/mol. The number of halogens is 1. The number of carbonyl (C=O) groups is 1. The number of hydrogen-bond acceptors (Lipinski definition) is 3. The lowest BCUT2D eigenvalue weighted by Crippen LogP contribution is -2.14. The van der Waals surface area contributed by atoms with Gasteiger partial charge in [-0.1, -0.05) is 6.07 Å². The minimum absolute atomic E-state index is 0.0436. The Morgan fingerprint density at radius 3 is 2.35 bits per heavy atom. The summed E-state index contributed by atoms with van der Waals surface area (Å²) in [6.07, 6.45) is 0. The highest BCUT2D eigenvalue weighted by Gasteiger charge is 2.10. The molecule has 0 saturated heterocycles. The molecule has 0 unspecified atom stereocenters. The molecule has 0 aliphatic rings. The first-order chi connectivity index (χ1) is 9.36. The van der Waals surface area contributed by atoms with Gasteiger partial charge in [-0.05, 0) is 65.1 Å². The first kappa shape index (κ1) is 14.9.